The highest BCUT2D eigenvalue weighted by atomic mass is 19.4. The van der Waals surface area contributed by atoms with Gasteiger partial charge < -0.3 is 20.3 Å². The Hall–Kier alpha value is -4.27. The molecule has 0 heterocycles. The minimum absolute atomic E-state index is 0.0628. The van der Waals surface area contributed by atoms with Gasteiger partial charge in [-0.1, -0.05) is 12.6 Å². The predicted octanol–water partition coefficient (Wildman–Crippen LogP) is 4.15. The van der Waals surface area contributed by atoms with E-state index >= 15 is 0 Å². The van der Waals surface area contributed by atoms with E-state index in [1.807, 2.05) is 0 Å². The van der Waals surface area contributed by atoms with Crippen LogP contribution >= 0.6 is 0 Å². The fourth-order valence-electron chi connectivity index (χ4n) is 3.40. The van der Waals surface area contributed by atoms with Crippen molar-refractivity contribution >= 4 is 30.2 Å². The second-order valence-electron chi connectivity index (χ2n) is 7.86. The summed E-state index contributed by atoms with van der Waals surface area (Å²) in [5.41, 5.74) is 0.350. The van der Waals surface area contributed by atoms with Crippen molar-refractivity contribution in [2.45, 2.75) is 26.9 Å². The van der Waals surface area contributed by atoms with Gasteiger partial charge in [0.2, 0.25) is 0 Å². The fraction of sp³-hybridized carbons (Fsp3) is 0.154. The summed E-state index contributed by atoms with van der Waals surface area (Å²) in [6.07, 6.45) is -2.99. The molecule has 3 N–H and O–H groups in total. The summed E-state index contributed by atoms with van der Waals surface area (Å²) in [5.74, 6) is -1.64. The lowest BCUT2D eigenvalue weighted by Gasteiger charge is -2.12. The van der Waals surface area contributed by atoms with Gasteiger partial charge in [0.15, 0.2) is 0 Å². The number of nitrogens with one attached hydrogen (secondary N) is 1. The minimum atomic E-state index is -4.52. The number of phenolic OH excluding ortho intramolecular Hbond substituents is 2. The van der Waals surface area contributed by atoms with E-state index in [4.69, 9.17) is 4.74 Å². The molecule has 0 bridgehead atoms. The highest BCUT2D eigenvalue weighted by Crippen LogP contribution is 2.30. The molecule has 0 aliphatic heterocycles. The van der Waals surface area contributed by atoms with E-state index in [0.29, 0.717) is 27.1 Å². The molecule has 0 fully saturated rings. The standard InChI is InChI=1S/C26H22F3NO5/c1-13-14(2)24(33)20(15(3)23(13)32)11-17-5-10-22(35-16(4)31)21(12-17)25(34)30-19-8-6-18(7-9-19)26(27,28)29/h5-12,32-33H,1H2,2-4H3,(H,30,34). The van der Waals surface area contributed by atoms with E-state index < -0.39 is 23.6 Å². The molecule has 0 atom stereocenters. The number of benzene rings is 3. The highest BCUT2D eigenvalue weighted by Gasteiger charge is 2.30. The lowest BCUT2D eigenvalue weighted by atomic mass is 10.0. The van der Waals surface area contributed by atoms with Crippen LogP contribution in [0.3, 0.4) is 0 Å². The van der Waals surface area contributed by atoms with Crippen molar-refractivity contribution in [1.82, 2.24) is 0 Å². The number of hydrogen-bond acceptors (Lipinski definition) is 5. The van der Waals surface area contributed by atoms with Crippen LogP contribution in [0.4, 0.5) is 18.9 Å². The van der Waals surface area contributed by atoms with Crippen LogP contribution < -0.4 is 20.5 Å². The molecular formula is C26H22F3NO5. The van der Waals surface area contributed by atoms with Crippen LogP contribution in [0.1, 0.15) is 39.5 Å². The molecule has 3 rings (SSSR count). The van der Waals surface area contributed by atoms with Crippen LogP contribution in [0.25, 0.3) is 12.7 Å². The Morgan fingerprint density at radius 3 is 2.20 bits per heavy atom. The molecule has 9 heteroatoms. The van der Waals surface area contributed by atoms with Crippen LogP contribution in [-0.2, 0) is 11.0 Å². The van der Waals surface area contributed by atoms with Crippen molar-refractivity contribution < 1.29 is 37.7 Å². The van der Waals surface area contributed by atoms with Crippen molar-refractivity contribution in [3.63, 3.8) is 0 Å². The molecule has 0 spiro atoms. The molecule has 0 aliphatic rings. The van der Waals surface area contributed by atoms with E-state index in [1.165, 1.54) is 24.3 Å². The number of amides is 1. The van der Waals surface area contributed by atoms with Crippen molar-refractivity contribution in [3.05, 3.63) is 80.7 Å². The summed E-state index contributed by atoms with van der Waals surface area (Å²) in [5, 5.41) is 23.9. The van der Waals surface area contributed by atoms with Gasteiger partial charge >= 0.3 is 12.1 Å². The molecule has 6 nitrogen and oxygen atoms in total. The molecule has 3 aromatic carbocycles. The maximum absolute atomic E-state index is 13.0. The predicted molar refractivity (Wildman–Crippen MR) is 125 cm³/mol. The Morgan fingerprint density at radius 2 is 1.63 bits per heavy atom. The Kier molecular flexibility index (Phi) is 6.91. The molecule has 0 radical (unpaired) electrons. The number of carbonyl (C=O) groups excluding carboxylic acids is 2. The van der Waals surface area contributed by atoms with Gasteiger partial charge in [-0.15, -0.1) is 0 Å². The van der Waals surface area contributed by atoms with Gasteiger partial charge in [-0.25, -0.2) is 0 Å². The Balaban J connectivity index is 2.06. The first kappa shape index (κ1) is 25.4. The quantitative estimate of drug-likeness (QED) is 0.293. The number of anilines is 1. The average molecular weight is 485 g/mol. The van der Waals surface area contributed by atoms with E-state index in [2.05, 4.69) is 11.9 Å². The van der Waals surface area contributed by atoms with Gasteiger partial charge in [0.05, 0.1) is 11.1 Å². The summed E-state index contributed by atoms with van der Waals surface area (Å²) >= 11 is 0. The molecule has 182 valence electrons. The van der Waals surface area contributed by atoms with Gasteiger partial charge in [0.25, 0.3) is 5.91 Å². The molecular weight excluding hydrogens is 463 g/mol. The summed E-state index contributed by atoms with van der Waals surface area (Å²) in [6.45, 7) is 8.09. The second-order valence-corrected chi connectivity index (χ2v) is 7.86. The zero-order chi connectivity index (χ0) is 26.1. The van der Waals surface area contributed by atoms with Crippen LogP contribution in [0.2, 0.25) is 0 Å². The third-order valence-electron chi connectivity index (χ3n) is 5.39. The van der Waals surface area contributed by atoms with Crippen LogP contribution in [0, 0.1) is 13.8 Å². The van der Waals surface area contributed by atoms with Gasteiger partial charge in [0, 0.05) is 34.2 Å². The van der Waals surface area contributed by atoms with E-state index in [9.17, 15) is 33.0 Å². The summed E-state index contributed by atoms with van der Waals surface area (Å²) in [7, 11) is 0. The number of phenols is 2. The molecule has 0 saturated heterocycles. The molecule has 0 unspecified atom stereocenters. The third kappa shape index (κ3) is 5.46. The maximum atomic E-state index is 13.0. The topological polar surface area (TPSA) is 95.9 Å². The fourth-order valence-corrected chi connectivity index (χ4v) is 3.40. The molecule has 3 aromatic rings. The molecule has 35 heavy (non-hydrogen) atoms. The number of aromatic hydroxyl groups is 2. The number of esters is 1. The number of alkyl halides is 3. The minimum Gasteiger partial charge on any atom is -0.507 e. The van der Waals surface area contributed by atoms with E-state index in [-0.39, 0.29) is 28.5 Å². The smallest absolute Gasteiger partial charge is 0.416 e. The van der Waals surface area contributed by atoms with Crippen molar-refractivity contribution in [2.75, 3.05) is 5.32 Å². The summed E-state index contributed by atoms with van der Waals surface area (Å²) < 4.78 is 43.5. The summed E-state index contributed by atoms with van der Waals surface area (Å²) in [6, 6.07) is 8.19. The van der Waals surface area contributed by atoms with Crippen LogP contribution in [-0.4, -0.2) is 22.1 Å². The summed E-state index contributed by atoms with van der Waals surface area (Å²) in [4.78, 5) is 24.5. The van der Waals surface area contributed by atoms with Crippen LogP contribution in [0.5, 0.6) is 17.2 Å². The Morgan fingerprint density at radius 1 is 1.00 bits per heavy atom. The lowest BCUT2D eigenvalue weighted by Crippen LogP contribution is -2.18. The molecule has 0 saturated carbocycles. The van der Waals surface area contributed by atoms with Gasteiger partial charge in [-0.2, -0.15) is 13.2 Å². The monoisotopic (exact) mass is 485 g/mol. The molecule has 0 aromatic heterocycles. The van der Waals surface area contributed by atoms with E-state index in [0.717, 1.165) is 31.2 Å². The SMILES string of the molecule is C=c1c(C)c(O)c(=Cc2ccc(OC(C)=O)c(C(=O)Nc3ccc(C(F)(F)F)cc3)c2)c(C)c1O. The first-order chi connectivity index (χ1) is 16.3. The number of rotatable bonds is 4. The van der Waals surface area contributed by atoms with Crippen molar-refractivity contribution in [3.8, 4) is 17.2 Å². The molecule has 1 amide bonds. The van der Waals surface area contributed by atoms with Gasteiger partial charge in [0.1, 0.15) is 17.2 Å². The largest absolute Gasteiger partial charge is 0.507 e. The first-order valence-corrected chi connectivity index (χ1v) is 10.3. The average Bonchev–Trinajstić information content (AvgIpc) is 2.79. The Labute approximate surface area is 198 Å². The highest BCUT2D eigenvalue weighted by molar-refractivity contribution is 6.07. The third-order valence-corrected chi connectivity index (χ3v) is 5.39. The number of carbonyl (C=O) groups is 2. The van der Waals surface area contributed by atoms with Crippen molar-refractivity contribution in [2.24, 2.45) is 0 Å². The van der Waals surface area contributed by atoms with Crippen LogP contribution in [0.15, 0.2) is 42.5 Å². The normalized spacial score (nSPS) is 11.9. The number of hydrogen-bond donors (Lipinski definition) is 3. The zero-order valence-electron chi connectivity index (χ0n) is 19.1. The van der Waals surface area contributed by atoms with Gasteiger partial charge in [-0.05, 0) is 61.9 Å². The van der Waals surface area contributed by atoms with Gasteiger partial charge in [-0.3, -0.25) is 9.59 Å². The number of halogens is 3. The number of ether oxygens (including phenoxy) is 1. The zero-order valence-corrected chi connectivity index (χ0v) is 19.1. The first-order valence-electron chi connectivity index (χ1n) is 10.3. The van der Waals surface area contributed by atoms with E-state index in [1.54, 1.807) is 13.8 Å². The maximum Gasteiger partial charge on any atom is 0.416 e. The molecule has 0 aliphatic carbocycles. The second kappa shape index (κ2) is 9.54. The van der Waals surface area contributed by atoms with Crippen molar-refractivity contribution in [1.29, 1.82) is 0 Å². The lowest BCUT2D eigenvalue weighted by molar-refractivity contribution is -0.137. The Bertz CT molecular complexity index is 1390.